The normalized spacial score (nSPS) is 10.3. The van der Waals surface area contributed by atoms with Crippen LogP contribution in [0, 0.1) is 37.8 Å². The van der Waals surface area contributed by atoms with Gasteiger partial charge in [-0.05, 0) is 31.5 Å². The van der Waals surface area contributed by atoms with Gasteiger partial charge in [0.05, 0.1) is 12.1 Å². The molecule has 0 spiro atoms. The molecule has 1 aromatic heterocycles. The van der Waals surface area contributed by atoms with Gasteiger partial charge in [-0.1, -0.05) is 5.92 Å². The number of aliphatic carboxylic acids is 1. The molecule has 0 saturated heterocycles. The fraction of sp³-hybridized carbons (Fsp3) is 0.167. The molecule has 8 heteroatoms. The highest BCUT2D eigenvalue weighted by Gasteiger charge is 2.29. The average Bonchev–Trinajstić information content (AvgIpc) is 2.81. The van der Waals surface area contributed by atoms with Gasteiger partial charge in [0.1, 0.15) is 5.69 Å². The van der Waals surface area contributed by atoms with E-state index in [9.17, 15) is 23.2 Å². The maximum atomic E-state index is 13.3. The second-order valence-corrected chi connectivity index (χ2v) is 5.44. The van der Waals surface area contributed by atoms with E-state index < -0.39 is 29.3 Å². The molecule has 2 rings (SSSR count). The number of hydrogen-bond acceptors (Lipinski definition) is 3. The summed E-state index contributed by atoms with van der Waals surface area (Å²) in [7, 11) is 0. The SMILES string of the molecule is C#CCn1c(C)c(C(=O)C(=O)O)c(C)c1C(=O)Nc1ccc(F)c(F)c1. The van der Waals surface area contributed by atoms with E-state index >= 15 is 0 Å². The van der Waals surface area contributed by atoms with E-state index in [1.54, 1.807) is 0 Å². The Morgan fingerprint density at radius 3 is 2.42 bits per heavy atom. The van der Waals surface area contributed by atoms with Crippen LogP contribution in [0.5, 0.6) is 0 Å². The van der Waals surface area contributed by atoms with Crippen LogP contribution in [-0.4, -0.2) is 27.3 Å². The number of carboxylic acids is 1. The Labute approximate surface area is 147 Å². The summed E-state index contributed by atoms with van der Waals surface area (Å²) in [6, 6.07) is 2.81. The summed E-state index contributed by atoms with van der Waals surface area (Å²) in [4.78, 5) is 35.6. The number of nitrogens with one attached hydrogen (secondary N) is 1. The Bertz CT molecular complexity index is 971. The first-order valence-corrected chi connectivity index (χ1v) is 7.36. The third-order valence-electron chi connectivity index (χ3n) is 3.83. The van der Waals surface area contributed by atoms with E-state index in [0.29, 0.717) is 0 Å². The van der Waals surface area contributed by atoms with Crippen LogP contribution in [0.4, 0.5) is 14.5 Å². The number of terminal acetylenes is 1. The average molecular weight is 360 g/mol. The molecule has 26 heavy (non-hydrogen) atoms. The zero-order valence-electron chi connectivity index (χ0n) is 13.9. The minimum Gasteiger partial charge on any atom is -0.475 e. The summed E-state index contributed by atoms with van der Waals surface area (Å²) >= 11 is 0. The molecule has 0 aliphatic rings. The molecular weight excluding hydrogens is 346 g/mol. The number of rotatable bonds is 5. The molecule has 1 heterocycles. The monoisotopic (exact) mass is 360 g/mol. The van der Waals surface area contributed by atoms with Crippen LogP contribution in [0.1, 0.15) is 32.1 Å². The molecule has 6 nitrogen and oxygen atoms in total. The number of carboxylic acid groups (broad SMARTS) is 1. The summed E-state index contributed by atoms with van der Waals surface area (Å²) < 4.78 is 27.6. The van der Waals surface area contributed by atoms with E-state index in [2.05, 4.69) is 11.2 Å². The zero-order valence-corrected chi connectivity index (χ0v) is 13.9. The van der Waals surface area contributed by atoms with Crippen molar-refractivity contribution >= 4 is 23.3 Å². The summed E-state index contributed by atoms with van der Waals surface area (Å²) in [6.45, 7) is 2.80. The van der Waals surface area contributed by atoms with Crippen molar-refractivity contribution in [1.29, 1.82) is 0 Å². The molecule has 1 aromatic carbocycles. The summed E-state index contributed by atoms with van der Waals surface area (Å²) in [5.41, 5.74) is 0.178. The Morgan fingerprint density at radius 2 is 1.88 bits per heavy atom. The largest absolute Gasteiger partial charge is 0.475 e. The van der Waals surface area contributed by atoms with Crippen molar-refractivity contribution in [1.82, 2.24) is 4.57 Å². The van der Waals surface area contributed by atoms with Gasteiger partial charge in [0, 0.05) is 17.4 Å². The zero-order chi connectivity index (χ0) is 19.6. The Balaban J connectivity index is 2.53. The summed E-state index contributed by atoms with van der Waals surface area (Å²) in [5, 5.41) is 11.3. The molecule has 0 radical (unpaired) electrons. The number of halogens is 2. The predicted molar refractivity (Wildman–Crippen MR) is 89.0 cm³/mol. The highest BCUT2D eigenvalue weighted by atomic mass is 19.2. The molecule has 0 unspecified atom stereocenters. The van der Waals surface area contributed by atoms with Gasteiger partial charge in [-0.2, -0.15) is 0 Å². The molecule has 0 atom stereocenters. The van der Waals surface area contributed by atoms with Gasteiger partial charge in [0.25, 0.3) is 11.7 Å². The van der Waals surface area contributed by atoms with Gasteiger partial charge in [-0.15, -0.1) is 6.42 Å². The van der Waals surface area contributed by atoms with Crippen LogP contribution in [0.25, 0.3) is 0 Å². The lowest BCUT2D eigenvalue weighted by molar-refractivity contribution is -0.131. The van der Waals surface area contributed by atoms with Crippen molar-refractivity contribution in [2.75, 3.05) is 5.32 Å². The van der Waals surface area contributed by atoms with Crippen molar-refractivity contribution in [3.05, 3.63) is 52.3 Å². The third kappa shape index (κ3) is 3.32. The molecule has 0 fully saturated rings. The number of hydrogen-bond donors (Lipinski definition) is 2. The molecule has 0 aliphatic carbocycles. The highest BCUT2D eigenvalue weighted by molar-refractivity contribution is 6.40. The first kappa shape index (κ1) is 18.9. The number of anilines is 1. The summed E-state index contributed by atoms with van der Waals surface area (Å²) in [5.74, 6) is -3.46. The van der Waals surface area contributed by atoms with Crippen molar-refractivity contribution < 1.29 is 28.3 Å². The number of carbonyl (C=O) groups is 3. The summed E-state index contributed by atoms with van der Waals surface area (Å²) in [6.07, 6.45) is 5.29. The van der Waals surface area contributed by atoms with E-state index in [-0.39, 0.29) is 34.7 Å². The molecule has 2 N–H and O–H groups in total. The van der Waals surface area contributed by atoms with E-state index in [1.807, 2.05) is 0 Å². The molecule has 0 aliphatic heterocycles. The van der Waals surface area contributed by atoms with Crippen LogP contribution in [0.3, 0.4) is 0 Å². The number of ketones is 1. The third-order valence-corrected chi connectivity index (χ3v) is 3.83. The fourth-order valence-electron chi connectivity index (χ4n) is 2.68. The second-order valence-electron chi connectivity index (χ2n) is 5.44. The maximum Gasteiger partial charge on any atom is 0.377 e. The Morgan fingerprint density at radius 1 is 1.23 bits per heavy atom. The van der Waals surface area contributed by atoms with Gasteiger partial charge in [0.2, 0.25) is 0 Å². The molecule has 134 valence electrons. The van der Waals surface area contributed by atoms with Crippen molar-refractivity contribution in [2.24, 2.45) is 0 Å². The van der Waals surface area contributed by atoms with Crippen molar-refractivity contribution in [2.45, 2.75) is 20.4 Å². The van der Waals surface area contributed by atoms with Gasteiger partial charge in [0.15, 0.2) is 11.6 Å². The lowest BCUT2D eigenvalue weighted by Crippen LogP contribution is -2.18. The van der Waals surface area contributed by atoms with Crippen LogP contribution in [0.2, 0.25) is 0 Å². The van der Waals surface area contributed by atoms with Crippen LogP contribution in [0.15, 0.2) is 18.2 Å². The molecule has 0 saturated carbocycles. The first-order valence-electron chi connectivity index (χ1n) is 7.36. The number of benzene rings is 1. The predicted octanol–water partition coefficient (Wildman–Crippen LogP) is 2.54. The van der Waals surface area contributed by atoms with Crippen molar-refractivity contribution in [3.8, 4) is 12.3 Å². The van der Waals surface area contributed by atoms with Gasteiger partial charge >= 0.3 is 5.97 Å². The standard InChI is InChI=1S/C18H14F2N2O4/c1-4-7-22-10(3)14(16(23)18(25)26)9(2)15(22)17(24)21-11-5-6-12(19)13(20)8-11/h1,5-6,8H,7H2,2-3H3,(H,21,24)(H,25,26). The second kappa shape index (κ2) is 7.19. The van der Waals surface area contributed by atoms with Crippen LogP contribution >= 0.6 is 0 Å². The fourth-order valence-corrected chi connectivity index (χ4v) is 2.68. The topological polar surface area (TPSA) is 88.4 Å². The molecular formula is C18H14F2N2O4. The number of Topliss-reactive ketones (excluding diaryl/α,β-unsaturated/α-hetero) is 1. The Kier molecular flexibility index (Phi) is 5.22. The van der Waals surface area contributed by atoms with Gasteiger partial charge in [-0.25, -0.2) is 13.6 Å². The van der Waals surface area contributed by atoms with E-state index in [1.165, 1.54) is 18.4 Å². The number of nitrogens with zero attached hydrogens (tertiary/aromatic N) is 1. The smallest absolute Gasteiger partial charge is 0.377 e. The molecule has 1 amide bonds. The van der Waals surface area contributed by atoms with E-state index in [4.69, 9.17) is 11.5 Å². The number of amides is 1. The molecule has 0 bridgehead atoms. The molecule has 2 aromatic rings. The lowest BCUT2D eigenvalue weighted by atomic mass is 10.1. The van der Waals surface area contributed by atoms with Crippen LogP contribution < -0.4 is 5.32 Å². The number of carbonyl (C=O) groups excluding carboxylic acids is 2. The van der Waals surface area contributed by atoms with E-state index in [0.717, 1.165) is 18.2 Å². The number of aromatic nitrogens is 1. The van der Waals surface area contributed by atoms with Crippen molar-refractivity contribution in [3.63, 3.8) is 0 Å². The Hall–Kier alpha value is -3.47. The lowest BCUT2D eigenvalue weighted by Gasteiger charge is -2.10. The van der Waals surface area contributed by atoms with Gasteiger partial charge < -0.3 is 15.0 Å². The van der Waals surface area contributed by atoms with Gasteiger partial charge in [-0.3, -0.25) is 9.59 Å². The quantitative estimate of drug-likeness (QED) is 0.487. The minimum atomic E-state index is -1.67. The minimum absolute atomic E-state index is 0.00878. The maximum absolute atomic E-state index is 13.3. The van der Waals surface area contributed by atoms with Crippen LogP contribution in [-0.2, 0) is 11.3 Å². The highest BCUT2D eigenvalue weighted by Crippen LogP contribution is 2.24. The first-order chi connectivity index (χ1) is 12.2.